The average molecular weight is 290 g/mol. The minimum Gasteiger partial charge on any atom is -0.339 e. The third-order valence-corrected chi connectivity index (χ3v) is 4.86. The zero-order valence-electron chi connectivity index (χ0n) is 13.0. The minimum atomic E-state index is 0.294. The number of piperazine rings is 1. The number of hydrogen-bond acceptors (Lipinski definition) is 3. The number of amides is 1. The van der Waals surface area contributed by atoms with E-state index < -0.39 is 0 Å². The Morgan fingerprint density at radius 3 is 2.57 bits per heavy atom. The second kappa shape index (κ2) is 6.50. The Kier molecular flexibility index (Phi) is 4.46. The van der Waals surface area contributed by atoms with Crippen LogP contribution in [0.5, 0.6) is 0 Å². The molecule has 5 nitrogen and oxygen atoms in total. The van der Waals surface area contributed by atoms with Crippen molar-refractivity contribution in [3.05, 3.63) is 12.4 Å². The fourth-order valence-corrected chi connectivity index (χ4v) is 3.57. The molecule has 0 unspecified atom stereocenters. The molecular weight excluding hydrogens is 264 g/mol. The van der Waals surface area contributed by atoms with Crippen molar-refractivity contribution in [3.8, 4) is 0 Å². The normalized spacial score (nSPS) is 20.8. The van der Waals surface area contributed by atoms with Crippen LogP contribution < -0.4 is 4.90 Å². The van der Waals surface area contributed by atoms with Crippen molar-refractivity contribution in [1.82, 2.24) is 14.5 Å². The van der Waals surface area contributed by atoms with E-state index in [1.807, 2.05) is 12.4 Å². The summed E-state index contributed by atoms with van der Waals surface area (Å²) in [5.74, 6) is 1.73. The number of aryl methyl sites for hydroxylation is 1. The number of carbonyl (C=O) groups is 1. The molecule has 116 valence electrons. The van der Waals surface area contributed by atoms with E-state index in [1.165, 1.54) is 19.3 Å². The molecule has 2 aliphatic rings. The summed E-state index contributed by atoms with van der Waals surface area (Å²) in [6, 6.07) is 0. The summed E-state index contributed by atoms with van der Waals surface area (Å²) in [6.45, 7) is 6.55. The molecular formula is C16H26N4O. The van der Waals surface area contributed by atoms with Gasteiger partial charge in [0.1, 0.15) is 0 Å². The Labute approximate surface area is 126 Å². The highest BCUT2D eigenvalue weighted by molar-refractivity contribution is 5.79. The summed E-state index contributed by atoms with van der Waals surface area (Å²) in [7, 11) is 0. The van der Waals surface area contributed by atoms with Crippen molar-refractivity contribution in [2.24, 2.45) is 5.92 Å². The molecule has 1 aromatic heterocycles. The zero-order chi connectivity index (χ0) is 14.7. The Bertz CT molecular complexity index is 470. The van der Waals surface area contributed by atoms with Crippen molar-refractivity contribution < 1.29 is 4.79 Å². The van der Waals surface area contributed by atoms with E-state index in [2.05, 4.69) is 26.3 Å². The van der Waals surface area contributed by atoms with E-state index in [1.54, 1.807) is 0 Å². The van der Waals surface area contributed by atoms with Gasteiger partial charge in [0.15, 0.2) is 0 Å². The topological polar surface area (TPSA) is 41.4 Å². The van der Waals surface area contributed by atoms with Crippen LogP contribution in [0.25, 0.3) is 0 Å². The molecule has 2 fully saturated rings. The number of imidazole rings is 1. The SMILES string of the molecule is CCn1ccnc1N1CCN(C(=O)C2CCCCC2)CC1. The molecule has 0 aromatic carbocycles. The Morgan fingerprint density at radius 1 is 1.19 bits per heavy atom. The van der Waals surface area contributed by atoms with Crippen LogP contribution >= 0.6 is 0 Å². The second-order valence-electron chi connectivity index (χ2n) is 6.16. The van der Waals surface area contributed by atoms with Gasteiger partial charge in [-0.05, 0) is 19.8 Å². The molecule has 5 heteroatoms. The first-order valence-electron chi connectivity index (χ1n) is 8.34. The van der Waals surface area contributed by atoms with Crippen LogP contribution in [-0.2, 0) is 11.3 Å². The smallest absolute Gasteiger partial charge is 0.225 e. The Morgan fingerprint density at radius 2 is 1.90 bits per heavy atom. The van der Waals surface area contributed by atoms with Gasteiger partial charge in [-0.2, -0.15) is 0 Å². The van der Waals surface area contributed by atoms with E-state index >= 15 is 0 Å². The quantitative estimate of drug-likeness (QED) is 0.856. The van der Waals surface area contributed by atoms with Gasteiger partial charge in [-0.15, -0.1) is 0 Å². The van der Waals surface area contributed by atoms with Gasteiger partial charge >= 0.3 is 0 Å². The van der Waals surface area contributed by atoms with Crippen LogP contribution in [0.4, 0.5) is 5.95 Å². The van der Waals surface area contributed by atoms with Gasteiger partial charge in [0.05, 0.1) is 0 Å². The predicted octanol–water partition coefficient (Wildman–Crippen LogP) is 2.13. The summed E-state index contributed by atoms with van der Waals surface area (Å²) in [5.41, 5.74) is 0. The summed E-state index contributed by atoms with van der Waals surface area (Å²) < 4.78 is 2.17. The maximum Gasteiger partial charge on any atom is 0.225 e. The summed E-state index contributed by atoms with van der Waals surface area (Å²) in [6.07, 6.45) is 9.83. The molecule has 1 saturated carbocycles. The summed E-state index contributed by atoms with van der Waals surface area (Å²) in [4.78, 5) is 21.4. The lowest BCUT2D eigenvalue weighted by Crippen LogP contribution is -2.51. The number of hydrogen-bond donors (Lipinski definition) is 0. The average Bonchev–Trinajstić information content (AvgIpc) is 3.04. The largest absolute Gasteiger partial charge is 0.339 e. The van der Waals surface area contributed by atoms with Gasteiger partial charge in [-0.1, -0.05) is 19.3 Å². The van der Waals surface area contributed by atoms with Crippen LogP contribution in [0.3, 0.4) is 0 Å². The van der Waals surface area contributed by atoms with Gasteiger partial charge < -0.3 is 14.4 Å². The zero-order valence-corrected chi connectivity index (χ0v) is 13.0. The van der Waals surface area contributed by atoms with Crippen molar-refractivity contribution in [3.63, 3.8) is 0 Å². The number of nitrogens with zero attached hydrogens (tertiary/aromatic N) is 4. The Balaban J connectivity index is 1.56. The fraction of sp³-hybridized carbons (Fsp3) is 0.750. The molecule has 2 heterocycles. The molecule has 3 rings (SSSR count). The molecule has 0 radical (unpaired) electrons. The van der Waals surface area contributed by atoms with E-state index in [0.717, 1.165) is 51.5 Å². The van der Waals surface area contributed by atoms with Gasteiger partial charge in [-0.3, -0.25) is 4.79 Å². The number of anilines is 1. The predicted molar refractivity (Wildman–Crippen MR) is 83.3 cm³/mol. The van der Waals surface area contributed by atoms with Gasteiger partial charge in [0, 0.05) is 51.0 Å². The second-order valence-corrected chi connectivity index (χ2v) is 6.16. The molecule has 21 heavy (non-hydrogen) atoms. The number of carbonyl (C=O) groups excluding carboxylic acids is 1. The van der Waals surface area contributed by atoms with E-state index in [-0.39, 0.29) is 0 Å². The molecule has 0 atom stereocenters. The lowest BCUT2D eigenvalue weighted by Gasteiger charge is -2.37. The van der Waals surface area contributed by atoms with Crippen molar-refractivity contribution in [2.45, 2.75) is 45.6 Å². The minimum absolute atomic E-state index is 0.294. The molecule has 0 bridgehead atoms. The van der Waals surface area contributed by atoms with Gasteiger partial charge in [-0.25, -0.2) is 4.98 Å². The molecule has 1 aliphatic heterocycles. The molecule has 0 N–H and O–H groups in total. The molecule has 1 aliphatic carbocycles. The molecule has 1 amide bonds. The third kappa shape index (κ3) is 3.06. The van der Waals surface area contributed by atoms with Gasteiger partial charge in [0.2, 0.25) is 11.9 Å². The van der Waals surface area contributed by atoms with E-state index in [9.17, 15) is 4.79 Å². The van der Waals surface area contributed by atoms with Crippen molar-refractivity contribution in [2.75, 3.05) is 31.1 Å². The van der Waals surface area contributed by atoms with Crippen LogP contribution in [-0.4, -0.2) is 46.5 Å². The fourth-order valence-electron chi connectivity index (χ4n) is 3.57. The standard InChI is InChI=1S/C16H26N4O/c1-2-18-9-8-17-16(18)20-12-10-19(11-13-20)15(21)14-6-4-3-5-7-14/h8-9,14H,2-7,10-13H2,1H3. The van der Waals surface area contributed by atoms with Crippen LogP contribution in [0.2, 0.25) is 0 Å². The van der Waals surface area contributed by atoms with Crippen LogP contribution in [0.1, 0.15) is 39.0 Å². The lowest BCUT2D eigenvalue weighted by atomic mass is 9.88. The van der Waals surface area contributed by atoms with Crippen LogP contribution in [0.15, 0.2) is 12.4 Å². The summed E-state index contributed by atoms with van der Waals surface area (Å²) in [5, 5.41) is 0. The van der Waals surface area contributed by atoms with Crippen molar-refractivity contribution >= 4 is 11.9 Å². The molecule has 1 aromatic rings. The van der Waals surface area contributed by atoms with E-state index in [4.69, 9.17) is 0 Å². The maximum absolute atomic E-state index is 12.6. The van der Waals surface area contributed by atoms with Gasteiger partial charge in [0.25, 0.3) is 0 Å². The maximum atomic E-state index is 12.6. The first kappa shape index (κ1) is 14.4. The highest BCUT2D eigenvalue weighted by Crippen LogP contribution is 2.26. The Hall–Kier alpha value is -1.52. The first-order valence-corrected chi connectivity index (χ1v) is 8.34. The van der Waals surface area contributed by atoms with E-state index in [0.29, 0.717) is 11.8 Å². The molecule has 1 saturated heterocycles. The monoisotopic (exact) mass is 290 g/mol. The third-order valence-electron chi connectivity index (χ3n) is 4.86. The number of aromatic nitrogens is 2. The summed E-state index contributed by atoms with van der Waals surface area (Å²) >= 11 is 0. The molecule has 0 spiro atoms. The number of rotatable bonds is 3. The first-order chi connectivity index (χ1) is 10.3. The highest BCUT2D eigenvalue weighted by Gasteiger charge is 2.29. The van der Waals surface area contributed by atoms with Crippen molar-refractivity contribution in [1.29, 1.82) is 0 Å². The van der Waals surface area contributed by atoms with Crippen LogP contribution in [0, 0.1) is 5.92 Å². The lowest BCUT2D eigenvalue weighted by molar-refractivity contribution is -0.136. The highest BCUT2D eigenvalue weighted by atomic mass is 16.2.